The summed E-state index contributed by atoms with van der Waals surface area (Å²) >= 11 is 0. The Kier molecular flexibility index (Phi) is 4.74. The lowest BCUT2D eigenvalue weighted by molar-refractivity contribution is -0.143. The molecule has 124 valence electrons. The van der Waals surface area contributed by atoms with Crippen molar-refractivity contribution in [2.45, 2.75) is 6.92 Å². The molecule has 2 heterocycles. The van der Waals surface area contributed by atoms with E-state index < -0.39 is 11.8 Å². The van der Waals surface area contributed by atoms with Crippen LogP contribution in [0.5, 0.6) is 0 Å². The van der Waals surface area contributed by atoms with Crippen LogP contribution in [0.1, 0.15) is 5.56 Å². The van der Waals surface area contributed by atoms with E-state index in [4.69, 9.17) is 0 Å². The van der Waals surface area contributed by atoms with Gasteiger partial charge in [0.25, 0.3) is 0 Å². The highest BCUT2D eigenvalue weighted by molar-refractivity contribution is 6.39. The number of carbonyl (C=O) groups excluding carboxylic acids is 2. The number of piperazine rings is 1. The minimum absolute atomic E-state index is 0.497. The Balaban J connectivity index is 1.56. The Morgan fingerprint density at radius 1 is 1.08 bits per heavy atom. The summed E-state index contributed by atoms with van der Waals surface area (Å²) in [4.78, 5) is 32.1. The second-order valence-corrected chi connectivity index (χ2v) is 5.81. The van der Waals surface area contributed by atoms with Crippen molar-refractivity contribution in [3.05, 3.63) is 54.4 Å². The zero-order chi connectivity index (χ0) is 16.9. The Labute approximate surface area is 141 Å². The summed E-state index contributed by atoms with van der Waals surface area (Å²) in [5.74, 6) is -1.12. The lowest BCUT2D eigenvalue weighted by Crippen LogP contribution is -2.51. The van der Waals surface area contributed by atoms with Crippen LogP contribution in [0.25, 0.3) is 0 Å². The number of nitrogens with one attached hydrogen (secondary N) is 1. The molecule has 1 aliphatic heterocycles. The maximum Gasteiger partial charge on any atom is 0.313 e. The molecule has 6 heteroatoms. The third-order valence-electron chi connectivity index (χ3n) is 4.05. The van der Waals surface area contributed by atoms with Gasteiger partial charge in [-0.25, -0.2) is 0 Å². The Morgan fingerprint density at radius 2 is 1.88 bits per heavy atom. The average molecular weight is 324 g/mol. The van der Waals surface area contributed by atoms with E-state index in [0.717, 1.165) is 18.8 Å². The molecule has 6 nitrogen and oxygen atoms in total. The molecule has 2 aromatic rings. The van der Waals surface area contributed by atoms with Crippen molar-refractivity contribution in [3.63, 3.8) is 0 Å². The van der Waals surface area contributed by atoms with Gasteiger partial charge in [0.1, 0.15) is 0 Å². The molecule has 0 unspecified atom stereocenters. The van der Waals surface area contributed by atoms with Gasteiger partial charge in [0.15, 0.2) is 0 Å². The fraction of sp³-hybridized carbons (Fsp3) is 0.278. The maximum atomic E-state index is 12.3. The molecule has 1 aliphatic rings. The van der Waals surface area contributed by atoms with Gasteiger partial charge >= 0.3 is 11.8 Å². The van der Waals surface area contributed by atoms with Crippen molar-refractivity contribution in [1.29, 1.82) is 0 Å². The normalized spacial score (nSPS) is 14.4. The first-order chi connectivity index (χ1) is 11.6. The average Bonchev–Trinajstić information content (AvgIpc) is 2.62. The molecule has 24 heavy (non-hydrogen) atoms. The van der Waals surface area contributed by atoms with Crippen molar-refractivity contribution in [2.75, 3.05) is 36.4 Å². The molecule has 0 radical (unpaired) electrons. The molecule has 0 spiro atoms. The fourth-order valence-electron chi connectivity index (χ4n) is 2.76. The molecule has 2 amide bonds. The predicted molar refractivity (Wildman–Crippen MR) is 92.8 cm³/mol. The third kappa shape index (κ3) is 3.71. The van der Waals surface area contributed by atoms with Gasteiger partial charge in [-0.2, -0.15) is 0 Å². The first-order valence-corrected chi connectivity index (χ1v) is 7.95. The molecule has 1 aromatic heterocycles. The number of hydrogen-bond donors (Lipinski definition) is 1. The van der Waals surface area contributed by atoms with Crippen LogP contribution in [0.2, 0.25) is 0 Å². The standard InChI is InChI=1S/C18H20N4O2/c1-14-4-2-6-16(12-14)21-8-10-22(11-9-21)18(24)17(23)20-15-5-3-7-19-13-15/h2-7,12-13H,8-11H2,1H3,(H,20,23). The SMILES string of the molecule is Cc1cccc(N2CCN(C(=O)C(=O)Nc3cccnc3)CC2)c1. The summed E-state index contributed by atoms with van der Waals surface area (Å²) in [7, 11) is 0. The molecule has 3 rings (SSSR count). The zero-order valence-electron chi connectivity index (χ0n) is 13.6. The number of amides is 2. The smallest absolute Gasteiger partial charge is 0.313 e. The lowest BCUT2D eigenvalue weighted by Gasteiger charge is -2.35. The summed E-state index contributed by atoms with van der Waals surface area (Å²) in [6.07, 6.45) is 3.13. The van der Waals surface area contributed by atoms with Gasteiger partial charge in [0.2, 0.25) is 0 Å². The summed E-state index contributed by atoms with van der Waals surface area (Å²) in [5.41, 5.74) is 2.89. The number of pyridine rings is 1. The molecule has 1 aromatic carbocycles. The van der Waals surface area contributed by atoms with Crippen LogP contribution in [0, 0.1) is 6.92 Å². The molecule has 0 aliphatic carbocycles. The molecule has 1 fully saturated rings. The van der Waals surface area contributed by atoms with E-state index >= 15 is 0 Å². The van der Waals surface area contributed by atoms with Gasteiger partial charge in [-0.3, -0.25) is 14.6 Å². The van der Waals surface area contributed by atoms with Crippen LogP contribution in [-0.2, 0) is 9.59 Å². The highest BCUT2D eigenvalue weighted by atomic mass is 16.2. The van der Waals surface area contributed by atoms with E-state index in [2.05, 4.69) is 40.3 Å². The summed E-state index contributed by atoms with van der Waals surface area (Å²) < 4.78 is 0. The van der Waals surface area contributed by atoms with Crippen molar-refractivity contribution < 1.29 is 9.59 Å². The van der Waals surface area contributed by atoms with Gasteiger partial charge in [-0.1, -0.05) is 12.1 Å². The quantitative estimate of drug-likeness (QED) is 0.854. The number of anilines is 2. The largest absolute Gasteiger partial charge is 0.368 e. The van der Waals surface area contributed by atoms with E-state index in [1.54, 1.807) is 23.2 Å². The molecule has 0 bridgehead atoms. The van der Waals surface area contributed by atoms with Crippen LogP contribution < -0.4 is 10.2 Å². The summed E-state index contributed by atoms with van der Waals surface area (Å²) in [6.45, 7) is 4.57. The second kappa shape index (κ2) is 7.12. The number of rotatable bonds is 2. The molecular formula is C18H20N4O2. The number of carbonyl (C=O) groups is 2. The van der Waals surface area contributed by atoms with Crippen LogP contribution in [-0.4, -0.2) is 47.9 Å². The number of benzene rings is 1. The van der Waals surface area contributed by atoms with Crippen LogP contribution in [0.15, 0.2) is 48.8 Å². The lowest BCUT2D eigenvalue weighted by atomic mass is 10.2. The zero-order valence-corrected chi connectivity index (χ0v) is 13.6. The van der Waals surface area contributed by atoms with Crippen molar-refractivity contribution >= 4 is 23.2 Å². The second-order valence-electron chi connectivity index (χ2n) is 5.81. The molecule has 0 atom stereocenters. The number of hydrogen-bond acceptors (Lipinski definition) is 4. The van der Waals surface area contributed by atoms with Gasteiger partial charge in [0.05, 0.1) is 11.9 Å². The topological polar surface area (TPSA) is 65.5 Å². The van der Waals surface area contributed by atoms with Crippen LogP contribution in [0.4, 0.5) is 11.4 Å². The first-order valence-electron chi connectivity index (χ1n) is 7.95. The molecule has 1 N–H and O–H groups in total. The Morgan fingerprint density at radius 3 is 2.54 bits per heavy atom. The summed E-state index contributed by atoms with van der Waals surface area (Å²) in [6, 6.07) is 11.7. The highest BCUT2D eigenvalue weighted by Gasteiger charge is 2.26. The van der Waals surface area contributed by atoms with Crippen LogP contribution in [0.3, 0.4) is 0 Å². The highest BCUT2D eigenvalue weighted by Crippen LogP contribution is 2.18. The van der Waals surface area contributed by atoms with Gasteiger partial charge < -0.3 is 15.1 Å². The number of nitrogens with zero attached hydrogens (tertiary/aromatic N) is 3. The molecule has 0 saturated carbocycles. The monoisotopic (exact) mass is 324 g/mol. The molecule has 1 saturated heterocycles. The molecular weight excluding hydrogens is 304 g/mol. The summed E-state index contributed by atoms with van der Waals surface area (Å²) in [5, 5.41) is 2.58. The Bertz CT molecular complexity index is 725. The fourth-order valence-corrected chi connectivity index (χ4v) is 2.76. The number of aromatic nitrogens is 1. The van der Waals surface area contributed by atoms with Gasteiger partial charge in [-0.05, 0) is 36.8 Å². The third-order valence-corrected chi connectivity index (χ3v) is 4.05. The van der Waals surface area contributed by atoms with E-state index in [1.165, 1.54) is 11.8 Å². The first kappa shape index (κ1) is 16.0. The maximum absolute atomic E-state index is 12.3. The van der Waals surface area contributed by atoms with E-state index in [1.807, 2.05) is 6.07 Å². The van der Waals surface area contributed by atoms with Crippen molar-refractivity contribution in [3.8, 4) is 0 Å². The Hall–Kier alpha value is -2.89. The minimum Gasteiger partial charge on any atom is -0.368 e. The van der Waals surface area contributed by atoms with Crippen molar-refractivity contribution in [1.82, 2.24) is 9.88 Å². The number of aryl methyl sites for hydroxylation is 1. The van der Waals surface area contributed by atoms with E-state index in [0.29, 0.717) is 18.8 Å². The van der Waals surface area contributed by atoms with E-state index in [9.17, 15) is 9.59 Å². The minimum atomic E-state index is -0.619. The predicted octanol–water partition coefficient (Wildman–Crippen LogP) is 1.68. The van der Waals surface area contributed by atoms with E-state index in [-0.39, 0.29) is 0 Å². The van der Waals surface area contributed by atoms with Gasteiger partial charge in [-0.15, -0.1) is 0 Å². The van der Waals surface area contributed by atoms with Crippen molar-refractivity contribution in [2.24, 2.45) is 0 Å². The van der Waals surface area contributed by atoms with Crippen LogP contribution >= 0.6 is 0 Å². The van der Waals surface area contributed by atoms with Gasteiger partial charge in [0, 0.05) is 38.1 Å².